The number of methoxy groups -OCH3 is 1. The molecule has 0 bridgehead atoms. The van der Waals surface area contributed by atoms with Crippen molar-refractivity contribution >= 4 is 5.82 Å². The molecule has 0 aliphatic heterocycles. The van der Waals surface area contributed by atoms with Crippen molar-refractivity contribution in [2.75, 3.05) is 12.8 Å². The first-order valence-electron chi connectivity index (χ1n) is 6.06. The van der Waals surface area contributed by atoms with Crippen LogP contribution < -0.4 is 5.73 Å². The number of anilines is 1. The van der Waals surface area contributed by atoms with Gasteiger partial charge in [-0.2, -0.15) is 0 Å². The highest BCUT2D eigenvalue weighted by Crippen LogP contribution is 2.25. The number of nitrogen functional groups attached to an aromatic ring is 1. The largest absolute Gasteiger partial charge is 0.384 e. The monoisotopic (exact) mass is 237 g/mol. The molecule has 1 aromatic rings. The minimum atomic E-state index is -0.0652. The molecule has 0 fully saturated rings. The molecule has 96 valence electrons. The Morgan fingerprint density at radius 3 is 2.47 bits per heavy atom. The second-order valence-corrected chi connectivity index (χ2v) is 5.30. The highest BCUT2D eigenvalue weighted by atomic mass is 16.5. The number of hydrogen-bond donors (Lipinski definition) is 1. The molecule has 4 heteroatoms. The van der Waals surface area contributed by atoms with Gasteiger partial charge in [-0.25, -0.2) is 9.97 Å². The second-order valence-electron chi connectivity index (χ2n) is 5.30. The lowest BCUT2D eigenvalue weighted by molar-refractivity contribution is 0.0873. The molecule has 1 rings (SSSR count). The molecule has 0 saturated carbocycles. The van der Waals surface area contributed by atoms with Gasteiger partial charge in [-0.3, -0.25) is 0 Å². The van der Waals surface area contributed by atoms with Crippen molar-refractivity contribution in [1.82, 2.24) is 9.97 Å². The summed E-state index contributed by atoms with van der Waals surface area (Å²) in [6, 6.07) is 1.84. The van der Waals surface area contributed by atoms with E-state index in [-0.39, 0.29) is 11.5 Å². The van der Waals surface area contributed by atoms with Crippen molar-refractivity contribution in [2.45, 2.75) is 52.1 Å². The lowest BCUT2D eigenvalue weighted by atomic mass is 9.92. The topological polar surface area (TPSA) is 61.0 Å². The Hall–Kier alpha value is -1.16. The molecule has 0 radical (unpaired) electrons. The van der Waals surface area contributed by atoms with Gasteiger partial charge in [0.05, 0.1) is 5.69 Å². The summed E-state index contributed by atoms with van der Waals surface area (Å²) in [4.78, 5) is 8.86. The smallest absolute Gasteiger partial charge is 0.159 e. The molecule has 2 N–H and O–H groups in total. The fourth-order valence-corrected chi connectivity index (χ4v) is 1.63. The summed E-state index contributed by atoms with van der Waals surface area (Å²) in [6.45, 7) is 8.45. The lowest BCUT2D eigenvalue weighted by Gasteiger charge is -2.21. The van der Waals surface area contributed by atoms with Crippen molar-refractivity contribution < 1.29 is 4.74 Å². The highest BCUT2D eigenvalue weighted by Gasteiger charge is 2.20. The molecule has 0 spiro atoms. The summed E-state index contributed by atoms with van der Waals surface area (Å²) in [5.41, 5.74) is 6.76. The Labute approximate surface area is 104 Å². The Bertz CT molecular complexity index is 371. The molecular formula is C13H23N3O. The number of rotatable bonds is 4. The van der Waals surface area contributed by atoms with E-state index in [1.807, 2.05) is 6.07 Å². The SMILES string of the molecule is CCCC(OC)c1nc(N)cc(C(C)(C)C)n1. The number of ether oxygens (including phenoxy) is 1. The van der Waals surface area contributed by atoms with E-state index in [1.165, 1.54) is 0 Å². The first-order chi connectivity index (χ1) is 7.88. The Balaban J connectivity index is 3.12. The van der Waals surface area contributed by atoms with Gasteiger partial charge >= 0.3 is 0 Å². The fraction of sp³-hybridized carbons (Fsp3) is 0.692. The van der Waals surface area contributed by atoms with E-state index in [4.69, 9.17) is 10.5 Å². The number of nitrogens with two attached hydrogens (primary N) is 1. The molecule has 0 aromatic carbocycles. The number of aromatic nitrogens is 2. The Kier molecular flexibility index (Phi) is 4.46. The zero-order chi connectivity index (χ0) is 13.1. The van der Waals surface area contributed by atoms with Crippen LogP contribution in [0.25, 0.3) is 0 Å². The summed E-state index contributed by atoms with van der Waals surface area (Å²) in [7, 11) is 1.68. The normalized spacial score (nSPS) is 13.7. The van der Waals surface area contributed by atoms with Crippen molar-refractivity contribution in [3.05, 3.63) is 17.6 Å². The van der Waals surface area contributed by atoms with Crippen LogP contribution in [0.1, 0.15) is 58.2 Å². The van der Waals surface area contributed by atoms with E-state index < -0.39 is 0 Å². The minimum absolute atomic E-state index is 0.0314. The maximum absolute atomic E-state index is 5.84. The molecular weight excluding hydrogens is 214 g/mol. The molecule has 1 atom stereocenters. The summed E-state index contributed by atoms with van der Waals surface area (Å²) in [6.07, 6.45) is 1.87. The van der Waals surface area contributed by atoms with Gasteiger partial charge in [0.2, 0.25) is 0 Å². The van der Waals surface area contributed by atoms with Gasteiger partial charge in [0.25, 0.3) is 0 Å². The van der Waals surface area contributed by atoms with E-state index in [1.54, 1.807) is 7.11 Å². The van der Waals surface area contributed by atoms with Crippen molar-refractivity contribution in [3.63, 3.8) is 0 Å². The van der Waals surface area contributed by atoms with Gasteiger partial charge < -0.3 is 10.5 Å². The summed E-state index contributed by atoms with van der Waals surface area (Å²) < 4.78 is 5.42. The second kappa shape index (κ2) is 5.45. The van der Waals surface area contributed by atoms with Gasteiger partial charge in [-0.15, -0.1) is 0 Å². The van der Waals surface area contributed by atoms with E-state index in [0.29, 0.717) is 11.6 Å². The van der Waals surface area contributed by atoms with Crippen LogP contribution in [0.3, 0.4) is 0 Å². The van der Waals surface area contributed by atoms with Crippen molar-refractivity contribution in [2.24, 2.45) is 0 Å². The molecule has 17 heavy (non-hydrogen) atoms. The third-order valence-electron chi connectivity index (χ3n) is 2.66. The van der Waals surface area contributed by atoms with E-state index >= 15 is 0 Å². The molecule has 1 unspecified atom stereocenters. The quantitative estimate of drug-likeness (QED) is 0.874. The van der Waals surface area contributed by atoms with Crippen LogP contribution in [0.5, 0.6) is 0 Å². The van der Waals surface area contributed by atoms with Gasteiger partial charge in [-0.05, 0) is 6.42 Å². The minimum Gasteiger partial charge on any atom is -0.384 e. The predicted molar refractivity (Wildman–Crippen MR) is 69.8 cm³/mol. The van der Waals surface area contributed by atoms with Crippen LogP contribution in [-0.2, 0) is 10.2 Å². The number of hydrogen-bond acceptors (Lipinski definition) is 4. The van der Waals surface area contributed by atoms with Gasteiger partial charge in [0.15, 0.2) is 5.82 Å². The third kappa shape index (κ3) is 3.66. The predicted octanol–water partition coefficient (Wildman–Crippen LogP) is 2.84. The van der Waals surface area contributed by atoms with Crippen molar-refractivity contribution in [3.8, 4) is 0 Å². The van der Waals surface area contributed by atoms with Gasteiger partial charge in [0.1, 0.15) is 11.9 Å². The molecule has 1 heterocycles. The summed E-state index contributed by atoms with van der Waals surface area (Å²) >= 11 is 0. The highest BCUT2D eigenvalue weighted by molar-refractivity contribution is 5.33. The zero-order valence-corrected chi connectivity index (χ0v) is 11.4. The van der Waals surface area contributed by atoms with Crippen molar-refractivity contribution in [1.29, 1.82) is 0 Å². The van der Waals surface area contributed by atoms with Crippen LogP contribution in [0, 0.1) is 0 Å². The molecule has 0 saturated heterocycles. The van der Waals surface area contributed by atoms with Gasteiger partial charge in [0, 0.05) is 18.6 Å². The van der Waals surface area contributed by atoms with Crippen LogP contribution in [-0.4, -0.2) is 17.1 Å². The van der Waals surface area contributed by atoms with Crippen LogP contribution in [0.4, 0.5) is 5.82 Å². The van der Waals surface area contributed by atoms with Crippen LogP contribution in [0.15, 0.2) is 6.07 Å². The lowest BCUT2D eigenvalue weighted by Crippen LogP contribution is -2.18. The maximum Gasteiger partial charge on any atom is 0.159 e. The van der Waals surface area contributed by atoms with Gasteiger partial charge in [-0.1, -0.05) is 34.1 Å². The fourth-order valence-electron chi connectivity index (χ4n) is 1.63. The molecule has 0 aliphatic rings. The first-order valence-corrected chi connectivity index (χ1v) is 6.06. The summed E-state index contributed by atoms with van der Waals surface area (Å²) in [5, 5.41) is 0. The molecule has 0 amide bonds. The van der Waals surface area contributed by atoms with Crippen LogP contribution in [0.2, 0.25) is 0 Å². The van der Waals surface area contributed by atoms with Crippen LogP contribution >= 0.6 is 0 Å². The first kappa shape index (κ1) is 13.9. The standard InChI is InChI=1S/C13H23N3O/c1-6-7-9(17-5)12-15-10(13(2,3)4)8-11(14)16-12/h8-9H,6-7H2,1-5H3,(H2,14,15,16). The van der Waals surface area contributed by atoms with E-state index in [9.17, 15) is 0 Å². The van der Waals surface area contributed by atoms with E-state index in [2.05, 4.69) is 37.7 Å². The molecule has 1 aromatic heterocycles. The number of nitrogens with zero attached hydrogens (tertiary/aromatic N) is 2. The third-order valence-corrected chi connectivity index (χ3v) is 2.66. The van der Waals surface area contributed by atoms with E-state index in [0.717, 1.165) is 18.5 Å². The molecule has 4 nitrogen and oxygen atoms in total. The average Bonchev–Trinajstić information content (AvgIpc) is 2.23. The zero-order valence-electron chi connectivity index (χ0n) is 11.4. The molecule has 0 aliphatic carbocycles. The summed E-state index contributed by atoms with van der Waals surface area (Å²) in [5.74, 6) is 1.21. The maximum atomic E-state index is 5.84. The Morgan fingerprint density at radius 1 is 1.35 bits per heavy atom. The average molecular weight is 237 g/mol. The Morgan fingerprint density at radius 2 is 2.00 bits per heavy atom.